The summed E-state index contributed by atoms with van der Waals surface area (Å²) < 4.78 is 0. The first-order chi connectivity index (χ1) is 11.3. The van der Waals surface area contributed by atoms with Gasteiger partial charge >= 0.3 is 0 Å². The maximum Gasteiger partial charge on any atom is 0.155 e. The number of Topliss-reactive ketones (excluding diaryl/α,β-unsaturated/α-hetero) is 1. The summed E-state index contributed by atoms with van der Waals surface area (Å²) in [5, 5.41) is 11.2. The van der Waals surface area contributed by atoms with Gasteiger partial charge in [0.05, 0.1) is 6.10 Å². The van der Waals surface area contributed by atoms with Gasteiger partial charge in [-0.25, -0.2) is 0 Å². The third-order valence-electron chi connectivity index (χ3n) is 8.38. The molecule has 7 atom stereocenters. The molecule has 3 fully saturated rings. The summed E-state index contributed by atoms with van der Waals surface area (Å²) in [6, 6.07) is 0. The summed E-state index contributed by atoms with van der Waals surface area (Å²) >= 11 is 0. The highest BCUT2D eigenvalue weighted by atomic mass is 16.3. The van der Waals surface area contributed by atoms with Gasteiger partial charge in [0.15, 0.2) is 5.78 Å². The van der Waals surface area contributed by atoms with Crippen molar-refractivity contribution < 1.29 is 14.7 Å². The fourth-order valence-corrected chi connectivity index (χ4v) is 7.35. The molecule has 24 heavy (non-hydrogen) atoms. The van der Waals surface area contributed by atoms with Crippen molar-refractivity contribution in [2.45, 2.75) is 71.8 Å². The Morgan fingerprint density at radius 1 is 1.21 bits per heavy atom. The molecule has 0 aromatic heterocycles. The van der Waals surface area contributed by atoms with Crippen LogP contribution in [0.4, 0.5) is 0 Å². The molecule has 4 aliphatic rings. The van der Waals surface area contributed by atoms with Crippen LogP contribution < -0.4 is 0 Å². The lowest BCUT2D eigenvalue weighted by Gasteiger charge is -2.59. The number of aliphatic hydroxyl groups excluding tert-OH is 1. The molecular weight excluding hydrogens is 300 g/mol. The Morgan fingerprint density at radius 3 is 2.67 bits per heavy atom. The fraction of sp³-hybridized carbons (Fsp3) is 0.810. The molecule has 3 heteroatoms. The van der Waals surface area contributed by atoms with E-state index in [1.165, 1.54) is 5.57 Å². The van der Waals surface area contributed by atoms with Gasteiger partial charge < -0.3 is 5.11 Å². The van der Waals surface area contributed by atoms with Crippen LogP contribution in [-0.2, 0) is 9.59 Å². The second kappa shape index (κ2) is 5.27. The second-order valence-corrected chi connectivity index (χ2v) is 9.41. The number of carbonyl (C=O) groups is 2. The first-order valence-corrected chi connectivity index (χ1v) is 9.70. The summed E-state index contributed by atoms with van der Waals surface area (Å²) in [5.74, 6) is 1.99. The van der Waals surface area contributed by atoms with Gasteiger partial charge in [0, 0.05) is 12.3 Å². The molecule has 0 bridgehead atoms. The maximum atomic E-state index is 12.2. The number of allylic oxidation sites excluding steroid dienone is 1. The van der Waals surface area contributed by atoms with Crippen molar-refractivity contribution >= 4 is 11.6 Å². The van der Waals surface area contributed by atoms with Crippen LogP contribution in [0.1, 0.15) is 65.7 Å². The Bertz CT molecular complexity index is 621. The van der Waals surface area contributed by atoms with Gasteiger partial charge in [0.1, 0.15) is 5.78 Å². The molecule has 1 N–H and O–H groups in total. The van der Waals surface area contributed by atoms with Crippen molar-refractivity contribution in [2.75, 3.05) is 0 Å². The molecule has 0 radical (unpaired) electrons. The molecule has 0 saturated heterocycles. The lowest BCUT2D eigenvalue weighted by atomic mass is 9.46. The molecule has 4 aliphatic carbocycles. The lowest BCUT2D eigenvalue weighted by molar-refractivity contribution is -0.143. The molecule has 0 amide bonds. The predicted octanol–water partition coefficient (Wildman–Crippen LogP) is 3.69. The Hall–Kier alpha value is -0.960. The van der Waals surface area contributed by atoms with Crippen LogP contribution >= 0.6 is 0 Å². The molecule has 0 unspecified atom stereocenters. The van der Waals surface area contributed by atoms with E-state index in [0.29, 0.717) is 24.0 Å². The minimum Gasteiger partial charge on any atom is -0.393 e. The number of rotatable bonds is 1. The Morgan fingerprint density at radius 2 is 1.96 bits per heavy atom. The Balaban J connectivity index is 1.72. The molecule has 3 nitrogen and oxygen atoms in total. The molecule has 3 saturated carbocycles. The monoisotopic (exact) mass is 330 g/mol. The van der Waals surface area contributed by atoms with Crippen molar-refractivity contribution in [1.29, 1.82) is 0 Å². The maximum absolute atomic E-state index is 12.2. The van der Waals surface area contributed by atoms with Crippen LogP contribution in [0, 0.1) is 34.5 Å². The van der Waals surface area contributed by atoms with E-state index >= 15 is 0 Å². The van der Waals surface area contributed by atoms with Crippen LogP contribution in [0.15, 0.2) is 11.6 Å². The molecule has 0 aliphatic heterocycles. The van der Waals surface area contributed by atoms with Gasteiger partial charge in [-0.05, 0) is 80.1 Å². The van der Waals surface area contributed by atoms with Gasteiger partial charge in [-0.3, -0.25) is 9.59 Å². The number of ketones is 2. The summed E-state index contributed by atoms with van der Waals surface area (Å²) in [4.78, 5) is 24.0. The van der Waals surface area contributed by atoms with Gasteiger partial charge in [-0.15, -0.1) is 0 Å². The molecule has 0 aromatic carbocycles. The minimum absolute atomic E-state index is 0.0219. The first kappa shape index (κ1) is 16.5. The van der Waals surface area contributed by atoms with E-state index in [0.717, 1.165) is 38.5 Å². The number of aliphatic hydroxyl groups is 1. The van der Waals surface area contributed by atoms with Gasteiger partial charge in [-0.2, -0.15) is 0 Å². The van der Waals surface area contributed by atoms with Crippen LogP contribution in [0.3, 0.4) is 0 Å². The highest BCUT2D eigenvalue weighted by molar-refractivity contribution is 5.91. The van der Waals surface area contributed by atoms with E-state index in [9.17, 15) is 14.7 Å². The second-order valence-electron chi connectivity index (χ2n) is 9.41. The number of hydrogen-bond donors (Lipinski definition) is 1. The van der Waals surface area contributed by atoms with Gasteiger partial charge in [-0.1, -0.05) is 19.4 Å². The number of carbonyl (C=O) groups excluding carboxylic acids is 2. The summed E-state index contributed by atoms with van der Waals surface area (Å²) in [7, 11) is 0. The molecule has 4 rings (SSSR count). The molecule has 0 heterocycles. The number of fused-ring (bicyclic) bond motifs is 5. The van der Waals surface area contributed by atoms with E-state index in [1.807, 2.05) is 6.08 Å². The van der Waals surface area contributed by atoms with E-state index < -0.39 is 0 Å². The van der Waals surface area contributed by atoms with Crippen LogP contribution in [0.25, 0.3) is 0 Å². The lowest BCUT2D eigenvalue weighted by Crippen LogP contribution is -2.56. The summed E-state index contributed by atoms with van der Waals surface area (Å²) in [5.41, 5.74) is 1.23. The SMILES string of the molecule is CC(=O)[C@H]1CC[C@@H]2[C@@H]3CCC4=CC(=O)CC[C@]4(C)[C@H]3[C@H](O)C[C@]12C. The third-order valence-corrected chi connectivity index (χ3v) is 8.38. The van der Waals surface area contributed by atoms with Gasteiger partial charge in [0.2, 0.25) is 0 Å². The number of hydrogen-bond acceptors (Lipinski definition) is 3. The summed E-state index contributed by atoms with van der Waals surface area (Å²) in [6.45, 7) is 6.27. The van der Waals surface area contributed by atoms with Crippen LogP contribution in [-0.4, -0.2) is 22.8 Å². The smallest absolute Gasteiger partial charge is 0.155 e. The van der Waals surface area contributed by atoms with Crippen molar-refractivity contribution in [3.63, 3.8) is 0 Å². The zero-order valence-corrected chi connectivity index (χ0v) is 15.2. The largest absolute Gasteiger partial charge is 0.393 e. The van der Waals surface area contributed by atoms with Crippen molar-refractivity contribution in [1.82, 2.24) is 0 Å². The Labute approximate surface area is 144 Å². The van der Waals surface area contributed by atoms with Crippen molar-refractivity contribution in [3.05, 3.63) is 11.6 Å². The topological polar surface area (TPSA) is 54.4 Å². The van der Waals surface area contributed by atoms with E-state index in [2.05, 4.69) is 13.8 Å². The average Bonchev–Trinajstić information content (AvgIpc) is 2.84. The molecular formula is C21H30O3. The standard InChI is InChI=1S/C21H30O3/c1-12(22)16-6-7-17-15-5-4-13-10-14(23)8-9-20(13,2)19(15)18(24)11-21(16,17)3/h10,15-19,24H,4-9,11H2,1-3H3/t15-,16+,17+,18+,19+,20-,21+/m0/s1. The normalized spacial score (nSPS) is 50.6. The van der Waals surface area contributed by atoms with Crippen LogP contribution in [0.2, 0.25) is 0 Å². The van der Waals surface area contributed by atoms with E-state index in [1.54, 1.807) is 6.92 Å². The Kier molecular flexibility index (Phi) is 3.62. The first-order valence-electron chi connectivity index (χ1n) is 9.70. The highest BCUT2D eigenvalue weighted by Crippen LogP contribution is 2.66. The van der Waals surface area contributed by atoms with Crippen molar-refractivity contribution in [3.8, 4) is 0 Å². The van der Waals surface area contributed by atoms with Crippen molar-refractivity contribution in [2.24, 2.45) is 34.5 Å². The highest BCUT2D eigenvalue weighted by Gasteiger charge is 2.62. The minimum atomic E-state index is -0.349. The average molecular weight is 330 g/mol. The zero-order valence-electron chi connectivity index (χ0n) is 15.2. The van der Waals surface area contributed by atoms with Crippen LogP contribution in [0.5, 0.6) is 0 Å². The van der Waals surface area contributed by atoms with Gasteiger partial charge in [0.25, 0.3) is 0 Å². The van der Waals surface area contributed by atoms with E-state index in [-0.39, 0.29) is 34.6 Å². The molecule has 0 aromatic rings. The fourth-order valence-electron chi connectivity index (χ4n) is 7.35. The quantitative estimate of drug-likeness (QED) is 0.797. The predicted molar refractivity (Wildman–Crippen MR) is 92.3 cm³/mol. The molecule has 0 spiro atoms. The zero-order chi connectivity index (χ0) is 17.3. The van der Waals surface area contributed by atoms with E-state index in [4.69, 9.17) is 0 Å². The summed E-state index contributed by atoms with van der Waals surface area (Å²) in [6.07, 6.45) is 7.97. The molecule has 132 valence electrons. The third kappa shape index (κ3) is 2.06.